The van der Waals surface area contributed by atoms with Crippen LogP contribution in [0.5, 0.6) is 0 Å². The Morgan fingerprint density at radius 1 is 1.57 bits per heavy atom. The number of rotatable bonds is 3. The van der Waals surface area contributed by atoms with E-state index in [2.05, 4.69) is 14.9 Å². The Kier molecular flexibility index (Phi) is 2.72. The van der Waals surface area contributed by atoms with Crippen molar-refractivity contribution in [1.29, 1.82) is 0 Å². The molecule has 5 nitrogen and oxygen atoms in total. The van der Waals surface area contributed by atoms with Crippen LogP contribution in [0.4, 0.5) is 11.5 Å². The first-order valence-electron chi connectivity index (χ1n) is 4.73. The molecule has 1 fully saturated rings. The molecule has 1 saturated carbocycles. The van der Waals surface area contributed by atoms with Crippen LogP contribution in [0, 0.1) is 0 Å². The molecule has 4 N–H and O–H groups in total. The van der Waals surface area contributed by atoms with Gasteiger partial charge in [-0.25, -0.2) is 4.21 Å². The quantitative estimate of drug-likeness (QED) is 0.702. The summed E-state index contributed by atoms with van der Waals surface area (Å²) in [5, 5.41) is 6.70. The highest BCUT2D eigenvalue weighted by Crippen LogP contribution is 2.24. The Morgan fingerprint density at radius 3 is 2.86 bits per heavy atom. The molecule has 0 saturated heterocycles. The molecule has 0 spiro atoms. The van der Waals surface area contributed by atoms with Crippen LogP contribution in [-0.4, -0.2) is 19.7 Å². The fourth-order valence-electron chi connectivity index (χ4n) is 1.66. The summed E-state index contributed by atoms with van der Waals surface area (Å²) in [5.41, 5.74) is 6.11. The van der Waals surface area contributed by atoms with E-state index in [0.29, 0.717) is 11.5 Å². The predicted molar refractivity (Wildman–Crippen MR) is 57.0 cm³/mol. The molecule has 1 atom stereocenters. The van der Waals surface area contributed by atoms with Gasteiger partial charge in [0.15, 0.2) is 5.82 Å². The highest BCUT2D eigenvalue weighted by Gasteiger charge is 2.22. The molecule has 0 aliphatic heterocycles. The summed E-state index contributed by atoms with van der Waals surface area (Å²) in [7, 11) is -1.04. The van der Waals surface area contributed by atoms with Gasteiger partial charge in [0.25, 0.3) is 0 Å². The fraction of sp³-hybridized carbons (Fsp3) is 0.625. The maximum absolute atomic E-state index is 11.8. The lowest BCUT2D eigenvalue weighted by Crippen LogP contribution is -2.18. The average molecular weight is 214 g/mol. The van der Waals surface area contributed by atoms with Crippen LogP contribution in [-0.2, 0) is 11.0 Å². The zero-order valence-corrected chi connectivity index (χ0v) is 8.64. The van der Waals surface area contributed by atoms with E-state index in [1.807, 2.05) is 0 Å². The van der Waals surface area contributed by atoms with Gasteiger partial charge in [0.1, 0.15) is 11.0 Å². The minimum atomic E-state index is -1.04. The van der Waals surface area contributed by atoms with Crippen molar-refractivity contribution in [3.63, 3.8) is 0 Å². The first-order chi connectivity index (χ1) is 6.77. The van der Waals surface area contributed by atoms with Gasteiger partial charge in [0, 0.05) is 0 Å². The number of nitrogens with one attached hydrogen (secondary N) is 2. The first kappa shape index (κ1) is 9.51. The predicted octanol–water partition coefficient (Wildman–Crippen LogP) is 1.01. The lowest BCUT2D eigenvalue weighted by molar-refractivity contribution is 0.673. The topological polar surface area (TPSA) is 83.8 Å². The smallest absolute Gasteiger partial charge is 0.156 e. The molecule has 0 amide bonds. The van der Waals surface area contributed by atoms with E-state index >= 15 is 0 Å². The monoisotopic (exact) mass is 214 g/mol. The van der Waals surface area contributed by atoms with Crippen LogP contribution >= 0.6 is 0 Å². The van der Waals surface area contributed by atoms with E-state index < -0.39 is 11.0 Å². The Hall–Kier alpha value is -1.04. The van der Waals surface area contributed by atoms with Crippen molar-refractivity contribution >= 4 is 22.5 Å². The molecule has 1 unspecified atom stereocenters. The van der Waals surface area contributed by atoms with Crippen LogP contribution in [0.1, 0.15) is 25.7 Å². The summed E-state index contributed by atoms with van der Waals surface area (Å²) >= 11 is 0. The van der Waals surface area contributed by atoms with E-state index in [4.69, 9.17) is 5.73 Å². The summed E-state index contributed by atoms with van der Waals surface area (Å²) in [4.78, 5) is 0. The van der Waals surface area contributed by atoms with Gasteiger partial charge in [-0.05, 0) is 12.8 Å². The lowest BCUT2D eigenvalue weighted by Gasteiger charge is -2.09. The Balaban J connectivity index is 1.97. The van der Waals surface area contributed by atoms with Crippen molar-refractivity contribution < 1.29 is 4.21 Å². The van der Waals surface area contributed by atoms with Crippen molar-refractivity contribution in [1.82, 2.24) is 10.2 Å². The van der Waals surface area contributed by atoms with E-state index in [9.17, 15) is 4.21 Å². The van der Waals surface area contributed by atoms with E-state index in [-0.39, 0.29) is 5.25 Å². The lowest BCUT2D eigenvalue weighted by atomic mass is 10.4. The Bertz CT molecular complexity index is 332. The highest BCUT2D eigenvalue weighted by molar-refractivity contribution is 7.87. The van der Waals surface area contributed by atoms with Crippen molar-refractivity contribution in [3.8, 4) is 0 Å². The molecule has 1 aromatic heterocycles. The average Bonchev–Trinajstić information content (AvgIpc) is 2.77. The van der Waals surface area contributed by atoms with Crippen molar-refractivity contribution in [2.45, 2.75) is 30.9 Å². The van der Waals surface area contributed by atoms with Gasteiger partial charge >= 0.3 is 0 Å². The number of nitrogens with zero attached hydrogens (tertiary/aromatic N) is 1. The Morgan fingerprint density at radius 2 is 2.29 bits per heavy atom. The standard InChI is InChI=1S/C8H14N4OS/c9-7-5-10-11-8(7)12-14(13)6-3-1-2-4-6/h5-6H,1-4,9H2,(H2,10,11,12). The van der Waals surface area contributed by atoms with Gasteiger partial charge in [0.05, 0.1) is 17.1 Å². The minimum Gasteiger partial charge on any atom is -0.394 e. The second kappa shape index (κ2) is 4.00. The molecule has 0 radical (unpaired) electrons. The summed E-state index contributed by atoms with van der Waals surface area (Å²) < 4.78 is 14.6. The van der Waals surface area contributed by atoms with E-state index in [1.54, 1.807) is 0 Å². The number of H-pyrrole nitrogens is 1. The molecule has 6 heteroatoms. The summed E-state index contributed by atoms with van der Waals surface area (Å²) in [6.45, 7) is 0. The zero-order valence-electron chi connectivity index (χ0n) is 7.82. The van der Waals surface area contributed by atoms with E-state index in [1.165, 1.54) is 19.0 Å². The molecule has 1 aromatic rings. The highest BCUT2D eigenvalue weighted by atomic mass is 32.2. The molecule has 0 aromatic carbocycles. The SMILES string of the molecule is Nc1cn[nH]c1NS(=O)C1CCCC1. The molecule has 1 aliphatic rings. The number of aromatic nitrogens is 2. The molecule has 14 heavy (non-hydrogen) atoms. The summed E-state index contributed by atoms with van der Waals surface area (Å²) in [6.07, 6.45) is 5.93. The Labute approximate surface area is 85.0 Å². The molecule has 1 aliphatic carbocycles. The molecular formula is C8H14N4OS. The van der Waals surface area contributed by atoms with Gasteiger partial charge < -0.3 is 5.73 Å². The van der Waals surface area contributed by atoms with Gasteiger partial charge in [-0.1, -0.05) is 12.8 Å². The van der Waals surface area contributed by atoms with E-state index in [0.717, 1.165) is 12.8 Å². The van der Waals surface area contributed by atoms with Crippen LogP contribution in [0.15, 0.2) is 6.20 Å². The largest absolute Gasteiger partial charge is 0.394 e. The number of aromatic amines is 1. The van der Waals surface area contributed by atoms with Gasteiger partial charge in [-0.15, -0.1) is 0 Å². The molecular weight excluding hydrogens is 200 g/mol. The van der Waals surface area contributed by atoms with Crippen molar-refractivity contribution in [3.05, 3.63) is 6.20 Å². The summed E-state index contributed by atoms with van der Waals surface area (Å²) in [6, 6.07) is 0. The number of nitrogens with two attached hydrogens (primary N) is 1. The maximum atomic E-state index is 11.8. The molecule has 2 rings (SSSR count). The second-order valence-corrected chi connectivity index (χ2v) is 4.97. The third-order valence-corrected chi connectivity index (χ3v) is 3.96. The fourth-order valence-corrected chi connectivity index (χ4v) is 2.96. The maximum Gasteiger partial charge on any atom is 0.156 e. The van der Waals surface area contributed by atoms with Crippen molar-refractivity contribution in [2.24, 2.45) is 0 Å². The molecule has 1 heterocycles. The number of anilines is 2. The number of nitrogen functional groups attached to an aromatic ring is 1. The van der Waals surface area contributed by atoms with Crippen LogP contribution in [0.3, 0.4) is 0 Å². The van der Waals surface area contributed by atoms with Crippen LogP contribution in [0.25, 0.3) is 0 Å². The number of hydrogen-bond acceptors (Lipinski definition) is 3. The zero-order chi connectivity index (χ0) is 9.97. The van der Waals surface area contributed by atoms with Gasteiger partial charge in [0.2, 0.25) is 0 Å². The molecule has 0 bridgehead atoms. The van der Waals surface area contributed by atoms with Crippen LogP contribution in [0.2, 0.25) is 0 Å². The van der Waals surface area contributed by atoms with Gasteiger partial charge in [-0.2, -0.15) is 5.10 Å². The third kappa shape index (κ3) is 1.89. The second-order valence-electron chi connectivity index (χ2n) is 3.51. The van der Waals surface area contributed by atoms with Gasteiger partial charge in [-0.3, -0.25) is 9.82 Å². The first-order valence-corrected chi connectivity index (χ1v) is 5.95. The number of hydrogen-bond donors (Lipinski definition) is 3. The van der Waals surface area contributed by atoms with Crippen molar-refractivity contribution in [2.75, 3.05) is 10.5 Å². The minimum absolute atomic E-state index is 0.262. The van der Waals surface area contributed by atoms with Crippen LogP contribution < -0.4 is 10.5 Å². The molecule has 78 valence electrons. The summed E-state index contributed by atoms with van der Waals surface area (Å²) in [5.74, 6) is 0.565. The third-order valence-electron chi connectivity index (χ3n) is 2.48. The normalized spacial score (nSPS) is 19.7.